The molecule has 4 heterocycles. The minimum absolute atomic E-state index is 0.0363. The number of carbonyl (C=O) groups is 2. The summed E-state index contributed by atoms with van der Waals surface area (Å²) in [7, 11) is 1.59. The summed E-state index contributed by atoms with van der Waals surface area (Å²) in [6.45, 7) is 8.40. The van der Waals surface area contributed by atoms with Crippen LogP contribution in [-0.4, -0.2) is 68.9 Å². The Morgan fingerprint density at radius 3 is 2.83 bits per heavy atom. The lowest BCUT2D eigenvalue weighted by Gasteiger charge is -2.25. The van der Waals surface area contributed by atoms with E-state index in [4.69, 9.17) is 0 Å². The fraction of sp³-hybridized carbons (Fsp3) is 0.333. The topological polar surface area (TPSA) is 116 Å². The van der Waals surface area contributed by atoms with Crippen LogP contribution in [0.5, 0.6) is 0 Å². The Kier molecular flexibility index (Phi) is 7.35. The number of nitrogens with zero attached hydrogens (tertiary/aromatic N) is 6. The van der Waals surface area contributed by atoms with E-state index in [2.05, 4.69) is 42.0 Å². The number of thiazole rings is 1. The lowest BCUT2D eigenvalue weighted by molar-refractivity contribution is -0.135. The summed E-state index contributed by atoms with van der Waals surface area (Å²) in [6, 6.07) is 5.17. The highest BCUT2D eigenvalue weighted by molar-refractivity contribution is 7.18. The first-order valence-electron chi connectivity index (χ1n) is 11.3. The molecule has 0 spiro atoms. The highest BCUT2D eigenvalue weighted by Gasteiger charge is 2.28. The normalized spacial score (nSPS) is 16.0. The van der Waals surface area contributed by atoms with Gasteiger partial charge in [-0.3, -0.25) is 14.6 Å². The first-order valence-corrected chi connectivity index (χ1v) is 12.1. The van der Waals surface area contributed by atoms with Crippen molar-refractivity contribution in [2.75, 3.05) is 30.4 Å². The SMILES string of the molecule is C=CC(=O)N(C)C(C)C(=O)N[C@H]1CCN(c2cc(Nc3ncc(-c4ccncc4)s3)nc(C)n2)C1. The molecule has 2 amide bonds. The van der Waals surface area contributed by atoms with Crippen LogP contribution in [0.4, 0.5) is 16.8 Å². The average molecular weight is 493 g/mol. The minimum Gasteiger partial charge on any atom is -0.354 e. The molecule has 35 heavy (non-hydrogen) atoms. The Labute approximate surface area is 208 Å². The number of hydrogen-bond donors (Lipinski definition) is 2. The van der Waals surface area contributed by atoms with Gasteiger partial charge in [0.1, 0.15) is 23.5 Å². The molecule has 3 aromatic heterocycles. The number of likely N-dealkylation sites (N-methyl/N-ethyl adjacent to an activating group) is 1. The predicted octanol–water partition coefficient (Wildman–Crippen LogP) is 2.77. The van der Waals surface area contributed by atoms with Crippen LogP contribution < -0.4 is 15.5 Å². The summed E-state index contributed by atoms with van der Waals surface area (Å²) in [6.07, 6.45) is 7.33. The van der Waals surface area contributed by atoms with Crippen molar-refractivity contribution < 1.29 is 9.59 Å². The molecule has 2 atom stereocenters. The zero-order valence-electron chi connectivity index (χ0n) is 19.9. The van der Waals surface area contributed by atoms with E-state index in [-0.39, 0.29) is 17.9 Å². The molecule has 1 unspecified atom stereocenters. The quantitative estimate of drug-likeness (QED) is 0.461. The van der Waals surface area contributed by atoms with Gasteiger partial charge in [0, 0.05) is 50.8 Å². The van der Waals surface area contributed by atoms with Gasteiger partial charge in [-0.25, -0.2) is 15.0 Å². The average Bonchev–Trinajstić information content (AvgIpc) is 3.52. The number of hydrogen-bond acceptors (Lipinski definition) is 9. The second kappa shape index (κ2) is 10.6. The van der Waals surface area contributed by atoms with Crippen molar-refractivity contribution in [2.45, 2.75) is 32.4 Å². The molecule has 1 aliphatic rings. The number of rotatable bonds is 8. The summed E-state index contributed by atoms with van der Waals surface area (Å²) in [4.78, 5) is 46.6. The molecule has 0 saturated carbocycles. The van der Waals surface area contributed by atoms with E-state index in [1.807, 2.05) is 31.3 Å². The van der Waals surface area contributed by atoms with Crippen LogP contribution in [0.3, 0.4) is 0 Å². The molecule has 3 aromatic rings. The number of aromatic nitrogens is 4. The van der Waals surface area contributed by atoms with E-state index in [0.29, 0.717) is 18.2 Å². The van der Waals surface area contributed by atoms with Crippen molar-refractivity contribution in [3.05, 3.63) is 55.3 Å². The number of pyridine rings is 1. The number of aryl methyl sites for hydroxylation is 1. The molecule has 0 aliphatic carbocycles. The Bertz CT molecular complexity index is 1220. The van der Waals surface area contributed by atoms with Gasteiger partial charge in [-0.15, -0.1) is 0 Å². The van der Waals surface area contributed by atoms with Gasteiger partial charge in [0.25, 0.3) is 0 Å². The fourth-order valence-electron chi connectivity index (χ4n) is 3.79. The van der Waals surface area contributed by atoms with Crippen LogP contribution in [0.1, 0.15) is 19.2 Å². The van der Waals surface area contributed by atoms with Crippen LogP contribution in [0.15, 0.2) is 49.4 Å². The van der Waals surface area contributed by atoms with Crippen LogP contribution in [-0.2, 0) is 9.59 Å². The van der Waals surface area contributed by atoms with E-state index >= 15 is 0 Å². The van der Waals surface area contributed by atoms with E-state index in [1.54, 1.807) is 26.4 Å². The minimum atomic E-state index is -0.581. The first-order chi connectivity index (χ1) is 16.8. The summed E-state index contributed by atoms with van der Waals surface area (Å²) < 4.78 is 0. The maximum atomic E-state index is 12.6. The van der Waals surface area contributed by atoms with E-state index in [0.717, 1.165) is 34.4 Å². The zero-order valence-corrected chi connectivity index (χ0v) is 20.7. The van der Waals surface area contributed by atoms with Crippen LogP contribution in [0, 0.1) is 6.92 Å². The fourth-order valence-corrected chi connectivity index (χ4v) is 4.62. The van der Waals surface area contributed by atoms with Gasteiger partial charge in [-0.2, -0.15) is 0 Å². The second-order valence-electron chi connectivity index (χ2n) is 8.32. The molecule has 10 nitrogen and oxygen atoms in total. The highest BCUT2D eigenvalue weighted by Crippen LogP contribution is 2.30. The molecule has 1 saturated heterocycles. The van der Waals surface area contributed by atoms with E-state index in [9.17, 15) is 9.59 Å². The number of nitrogens with one attached hydrogen (secondary N) is 2. The molecule has 0 radical (unpaired) electrons. The van der Waals surface area contributed by atoms with Crippen molar-refractivity contribution in [3.63, 3.8) is 0 Å². The standard InChI is InChI=1S/C24H28N8O2S/c1-5-22(33)31(4)15(2)23(34)29-18-8-11-32(14-18)21-12-20(27-16(3)28-21)30-24-26-13-19(35-24)17-6-9-25-10-7-17/h5-7,9-10,12-13,15,18H,1,8,11,14H2,2-4H3,(H,29,34)(H,26,27,28,30)/t15?,18-/m0/s1. The molecule has 0 aromatic carbocycles. The Balaban J connectivity index is 1.39. The van der Waals surface area contributed by atoms with Crippen molar-refractivity contribution in [3.8, 4) is 10.4 Å². The molecule has 4 rings (SSSR count). The monoisotopic (exact) mass is 492 g/mol. The van der Waals surface area contributed by atoms with Crippen molar-refractivity contribution >= 4 is 39.9 Å². The van der Waals surface area contributed by atoms with E-state index in [1.165, 1.54) is 22.3 Å². The third-order valence-electron chi connectivity index (χ3n) is 5.87. The number of anilines is 3. The second-order valence-corrected chi connectivity index (χ2v) is 9.35. The lowest BCUT2D eigenvalue weighted by atomic mass is 10.2. The molecular weight excluding hydrogens is 464 g/mol. The third kappa shape index (κ3) is 5.80. The first kappa shape index (κ1) is 24.3. The Hall–Kier alpha value is -3.86. The zero-order chi connectivity index (χ0) is 24.9. The third-order valence-corrected chi connectivity index (χ3v) is 6.83. The molecular formula is C24H28N8O2S. The van der Waals surface area contributed by atoms with Crippen molar-refractivity contribution in [2.24, 2.45) is 0 Å². The summed E-state index contributed by atoms with van der Waals surface area (Å²) in [5, 5.41) is 7.07. The van der Waals surface area contributed by atoms with Crippen LogP contribution in [0.2, 0.25) is 0 Å². The van der Waals surface area contributed by atoms with E-state index < -0.39 is 6.04 Å². The Morgan fingerprint density at radius 1 is 1.31 bits per heavy atom. The van der Waals surface area contributed by atoms with Gasteiger partial charge in [-0.05, 0) is 44.0 Å². The maximum Gasteiger partial charge on any atom is 0.246 e. The largest absolute Gasteiger partial charge is 0.354 e. The van der Waals surface area contributed by atoms with Gasteiger partial charge in [0.05, 0.1) is 4.88 Å². The molecule has 0 bridgehead atoms. The van der Waals surface area contributed by atoms with Gasteiger partial charge in [-0.1, -0.05) is 17.9 Å². The highest BCUT2D eigenvalue weighted by atomic mass is 32.1. The van der Waals surface area contributed by atoms with Gasteiger partial charge in [0.15, 0.2) is 5.13 Å². The maximum absolute atomic E-state index is 12.6. The number of amides is 2. The Morgan fingerprint density at radius 2 is 2.09 bits per heavy atom. The van der Waals surface area contributed by atoms with Crippen molar-refractivity contribution in [1.29, 1.82) is 0 Å². The molecule has 182 valence electrons. The van der Waals surface area contributed by atoms with Crippen LogP contribution in [0.25, 0.3) is 10.4 Å². The smallest absolute Gasteiger partial charge is 0.246 e. The van der Waals surface area contributed by atoms with Gasteiger partial charge in [0.2, 0.25) is 11.8 Å². The molecule has 1 fully saturated rings. The molecule has 11 heteroatoms. The number of carbonyl (C=O) groups excluding carboxylic acids is 2. The molecule has 1 aliphatic heterocycles. The summed E-state index contributed by atoms with van der Waals surface area (Å²) >= 11 is 1.53. The lowest BCUT2D eigenvalue weighted by Crippen LogP contribution is -2.49. The van der Waals surface area contributed by atoms with Crippen molar-refractivity contribution in [1.82, 2.24) is 30.2 Å². The predicted molar refractivity (Wildman–Crippen MR) is 137 cm³/mol. The molecule has 2 N–H and O–H groups in total. The summed E-state index contributed by atoms with van der Waals surface area (Å²) in [5.74, 6) is 1.61. The summed E-state index contributed by atoms with van der Waals surface area (Å²) in [5.41, 5.74) is 1.06. The van der Waals surface area contributed by atoms with Gasteiger partial charge < -0.3 is 20.4 Å². The van der Waals surface area contributed by atoms with Crippen LogP contribution >= 0.6 is 11.3 Å². The van der Waals surface area contributed by atoms with Gasteiger partial charge >= 0.3 is 0 Å².